The first-order valence-corrected chi connectivity index (χ1v) is 9.22. The molecule has 0 fully saturated rings. The number of halogens is 1. The van der Waals surface area contributed by atoms with Gasteiger partial charge in [0, 0.05) is 43.0 Å². The number of carbonyl (C=O) groups excluding carboxylic acids is 1. The van der Waals surface area contributed by atoms with Gasteiger partial charge in [0.25, 0.3) is 0 Å². The second-order valence-electron chi connectivity index (χ2n) is 6.16. The van der Waals surface area contributed by atoms with Crippen molar-refractivity contribution in [3.63, 3.8) is 0 Å². The van der Waals surface area contributed by atoms with E-state index in [0.29, 0.717) is 36.8 Å². The van der Waals surface area contributed by atoms with Crippen LogP contribution in [-0.4, -0.2) is 33.5 Å². The van der Waals surface area contributed by atoms with Crippen molar-refractivity contribution in [3.8, 4) is 5.82 Å². The lowest BCUT2D eigenvalue weighted by Gasteiger charge is -2.10. The maximum atomic E-state index is 12.0. The average molecular weight is 384 g/mol. The minimum atomic E-state index is 0.0173. The smallest absolute Gasteiger partial charge is 0.220 e. The molecule has 0 aliphatic carbocycles. The van der Waals surface area contributed by atoms with E-state index in [9.17, 15) is 4.79 Å². The molecule has 3 aromatic rings. The highest BCUT2D eigenvalue weighted by molar-refractivity contribution is 6.30. The van der Waals surface area contributed by atoms with Crippen LogP contribution in [0.25, 0.3) is 5.82 Å². The minimum absolute atomic E-state index is 0.0173. The summed E-state index contributed by atoms with van der Waals surface area (Å²) in [5.74, 6) is 2.25. The van der Waals surface area contributed by atoms with Crippen molar-refractivity contribution >= 4 is 23.3 Å². The molecule has 6 nitrogen and oxygen atoms in total. The molecular weight excluding hydrogens is 362 g/mol. The van der Waals surface area contributed by atoms with Gasteiger partial charge in [-0.25, -0.2) is 9.97 Å². The van der Waals surface area contributed by atoms with Gasteiger partial charge in [0.2, 0.25) is 5.91 Å². The van der Waals surface area contributed by atoms with Gasteiger partial charge in [-0.15, -0.1) is 0 Å². The third kappa shape index (κ3) is 5.82. The quantitative estimate of drug-likeness (QED) is 0.585. The zero-order valence-electron chi connectivity index (χ0n) is 15.2. The highest BCUT2D eigenvalue weighted by Crippen LogP contribution is 2.12. The first-order valence-electron chi connectivity index (χ1n) is 8.84. The molecule has 0 aliphatic heterocycles. The summed E-state index contributed by atoms with van der Waals surface area (Å²) in [5.41, 5.74) is 1.06. The molecule has 3 rings (SSSR count). The number of rotatable bonds is 8. The van der Waals surface area contributed by atoms with Gasteiger partial charge in [-0.3, -0.25) is 4.79 Å². The molecule has 0 saturated heterocycles. The number of amides is 1. The predicted molar refractivity (Wildman–Crippen MR) is 107 cm³/mol. The van der Waals surface area contributed by atoms with E-state index in [0.717, 1.165) is 17.2 Å². The predicted octanol–water partition coefficient (Wildman–Crippen LogP) is 3.39. The van der Waals surface area contributed by atoms with E-state index in [1.54, 1.807) is 0 Å². The van der Waals surface area contributed by atoms with Gasteiger partial charge in [-0.05, 0) is 43.2 Å². The molecular formula is C20H22ClN5O. The van der Waals surface area contributed by atoms with Crippen molar-refractivity contribution in [2.24, 2.45) is 0 Å². The summed E-state index contributed by atoms with van der Waals surface area (Å²) in [4.78, 5) is 20.8. The Morgan fingerprint density at radius 3 is 2.70 bits per heavy atom. The summed E-state index contributed by atoms with van der Waals surface area (Å²) < 4.78 is 1.93. The Morgan fingerprint density at radius 2 is 1.93 bits per heavy atom. The summed E-state index contributed by atoms with van der Waals surface area (Å²) in [7, 11) is 0. The topological polar surface area (TPSA) is 71.8 Å². The number of nitrogens with one attached hydrogen (secondary N) is 2. The van der Waals surface area contributed by atoms with E-state index in [-0.39, 0.29) is 5.91 Å². The Labute approximate surface area is 163 Å². The third-order valence-corrected chi connectivity index (χ3v) is 4.21. The maximum Gasteiger partial charge on any atom is 0.220 e. The maximum absolute atomic E-state index is 12.0. The van der Waals surface area contributed by atoms with Crippen molar-refractivity contribution in [2.45, 2.75) is 19.8 Å². The van der Waals surface area contributed by atoms with Crippen LogP contribution in [-0.2, 0) is 11.2 Å². The van der Waals surface area contributed by atoms with Crippen molar-refractivity contribution in [3.05, 3.63) is 71.3 Å². The van der Waals surface area contributed by atoms with Crippen LogP contribution in [0.5, 0.6) is 0 Å². The summed E-state index contributed by atoms with van der Waals surface area (Å²) in [6, 6.07) is 13.4. The number of nitrogens with zero attached hydrogens (tertiary/aromatic N) is 3. The van der Waals surface area contributed by atoms with Crippen LogP contribution in [0.15, 0.2) is 54.9 Å². The molecule has 140 valence electrons. The zero-order chi connectivity index (χ0) is 19.1. The minimum Gasteiger partial charge on any atom is -0.368 e. The SMILES string of the molecule is Cc1nc(NCCNC(=O)CCc2cccc(Cl)c2)cc(-n2cccc2)n1. The highest BCUT2D eigenvalue weighted by Gasteiger charge is 2.05. The summed E-state index contributed by atoms with van der Waals surface area (Å²) in [6.07, 6.45) is 4.98. The molecule has 0 radical (unpaired) electrons. The second kappa shape index (κ2) is 9.19. The molecule has 0 unspecified atom stereocenters. The van der Waals surface area contributed by atoms with Crippen LogP contribution in [0.4, 0.5) is 5.82 Å². The van der Waals surface area contributed by atoms with E-state index in [2.05, 4.69) is 20.6 Å². The number of anilines is 1. The van der Waals surface area contributed by atoms with E-state index >= 15 is 0 Å². The largest absolute Gasteiger partial charge is 0.368 e. The van der Waals surface area contributed by atoms with Crippen molar-refractivity contribution < 1.29 is 4.79 Å². The first kappa shape index (κ1) is 18.9. The molecule has 2 aromatic heterocycles. The molecule has 2 heterocycles. The zero-order valence-corrected chi connectivity index (χ0v) is 15.9. The monoisotopic (exact) mass is 383 g/mol. The summed E-state index contributed by atoms with van der Waals surface area (Å²) >= 11 is 5.95. The van der Waals surface area contributed by atoms with Gasteiger partial charge in [-0.1, -0.05) is 23.7 Å². The lowest BCUT2D eigenvalue weighted by atomic mass is 10.1. The van der Waals surface area contributed by atoms with E-state index < -0.39 is 0 Å². The number of benzene rings is 1. The number of aryl methyl sites for hydroxylation is 2. The molecule has 27 heavy (non-hydrogen) atoms. The van der Waals surface area contributed by atoms with Crippen LogP contribution >= 0.6 is 11.6 Å². The Kier molecular flexibility index (Phi) is 6.44. The first-order chi connectivity index (χ1) is 13.1. The van der Waals surface area contributed by atoms with Crippen LogP contribution in [0.2, 0.25) is 5.02 Å². The van der Waals surface area contributed by atoms with Gasteiger partial charge < -0.3 is 15.2 Å². The molecule has 7 heteroatoms. The number of carbonyl (C=O) groups is 1. The van der Waals surface area contributed by atoms with Crippen molar-refractivity contribution in [2.75, 3.05) is 18.4 Å². The van der Waals surface area contributed by atoms with Crippen LogP contribution in [0.1, 0.15) is 17.8 Å². The fourth-order valence-corrected chi connectivity index (χ4v) is 2.91. The third-order valence-electron chi connectivity index (χ3n) is 3.98. The molecule has 0 bridgehead atoms. The van der Waals surface area contributed by atoms with Gasteiger partial charge in [0.1, 0.15) is 17.5 Å². The molecule has 1 amide bonds. The number of aromatic nitrogens is 3. The van der Waals surface area contributed by atoms with Gasteiger partial charge in [-0.2, -0.15) is 0 Å². The summed E-state index contributed by atoms with van der Waals surface area (Å²) in [6.45, 7) is 2.97. The van der Waals surface area contributed by atoms with Crippen LogP contribution < -0.4 is 10.6 Å². The fraction of sp³-hybridized carbons (Fsp3) is 0.250. The number of hydrogen-bond donors (Lipinski definition) is 2. The lowest BCUT2D eigenvalue weighted by molar-refractivity contribution is -0.120. The highest BCUT2D eigenvalue weighted by atomic mass is 35.5. The van der Waals surface area contributed by atoms with Crippen molar-refractivity contribution in [1.29, 1.82) is 0 Å². The Hall–Kier alpha value is -2.86. The molecule has 0 atom stereocenters. The Morgan fingerprint density at radius 1 is 1.11 bits per heavy atom. The standard InChI is InChI=1S/C20H22ClN5O/c1-15-24-18(14-19(25-15)26-11-2-3-12-26)22-9-10-23-20(27)8-7-16-5-4-6-17(21)13-16/h2-6,11-14H,7-10H2,1H3,(H,23,27)(H,22,24,25). The van der Waals surface area contributed by atoms with Gasteiger partial charge >= 0.3 is 0 Å². The van der Waals surface area contributed by atoms with E-state index in [4.69, 9.17) is 11.6 Å². The molecule has 0 aliphatic rings. The molecule has 0 spiro atoms. The van der Waals surface area contributed by atoms with E-state index in [1.165, 1.54) is 0 Å². The number of hydrogen-bond acceptors (Lipinski definition) is 4. The van der Waals surface area contributed by atoms with Gasteiger partial charge in [0.15, 0.2) is 0 Å². The molecule has 2 N–H and O–H groups in total. The molecule has 0 saturated carbocycles. The van der Waals surface area contributed by atoms with Crippen LogP contribution in [0.3, 0.4) is 0 Å². The summed E-state index contributed by atoms with van der Waals surface area (Å²) in [5, 5.41) is 6.83. The average Bonchev–Trinajstić information content (AvgIpc) is 3.18. The lowest BCUT2D eigenvalue weighted by Crippen LogP contribution is -2.29. The van der Waals surface area contributed by atoms with Crippen LogP contribution in [0, 0.1) is 6.92 Å². The fourth-order valence-electron chi connectivity index (χ4n) is 2.69. The Bertz CT molecular complexity index is 895. The Balaban J connectivity index is 1.43. The van der Waals surface area contributed by atoms with Gasteiger partial charge in [0.05, 0.1) is 0 Å². The van der Waals surface area contributed by atoms with Crippen molar-refractivity contribution in [1.82, 2.24) is 19.9 Å². The van der Waals surface area contributed by atoms with E-state index in [1.807, 2.05) is 66.3 Å². The normalized spacial score (nSPS) is 10.6. The second-order valence-corrected chi connectivity index (χ2v) is 6.59. The molecule has 1 aromatic carbocycles.